The molecule has 0 amide bonds. The lowest BCUT2D eigenvalue weighted by molar-refractivity contribution is 0.175. The third-order valence-corrected chi connectivity index (χ3v) is 2.51. The summed E-state index contributed by atoms with van der Waals surface area (Å²) in [5.41, 5.74) is 1.18. The molecule has 0 bridgehead atoms. The van der Waals surface area contributed by atoms with Crippen LogP contribution in [-0.2, 0) is 0 Å². The van der Waals surface area contributed by atoms with E-state index in [1.165, 1.54) is 5.56 Å². The van der Waals surface area contributed by atoms with Crippen molar-refractivity contribution in [2.45, 2.75) is 52.2 Å². The summed E-state index contributed by atoms with van der Waals surface area (Å²) in [6.07, 6.45) is 0.667. The van der Waals surface area contributed by atoms with Crippen LogP contribution in [0.25, 0.3) is 0 Å². The van der Waals surface area contributed by atoms with E-state index in [0.29, 0.717) is 5.92 Å². The van der Waals surface area contributed by atoms with Gasteiger partial charge in [0.05, 0.1) is 12.2 Å². The van der Waals surface area contributed by atoms with E-state index in [9.17, 15) is 5.11 Å². The normalized spacial score (nSPS) is 14.9. The summed E-state index contributed by atoms with van der Waals surface area (Å²) in [5, 5.41) is 9.42. The van der Waals surface area contributed by atoms with Crippen molar-refractivity contribution in [1.82, 2.24) is 0 Å². The van der Waals surface area contributed by atoms with Gasteiger partial charge in [-0.3, -0.25) is 0 Å². The predicted octanol–water partition coefficient (Wildman–Crippen LogP) is 3.35. The number of aliphatic hydroxyl groups excluding tert-OH is 1. The van der Waals surface area contributed by atoms with Gasteiger partial charge in [-0.1, -0.05) is 25.1 Å². The van der Waals surface area contributed by atoms with Gasteiger partial charge >= 0.3 is 0 Å². The molecule has 1 aromatic carbocycles. The van der Waals surface area contributed by atoms with Crippen LogP contribution in [0.5, 0.6) is 5.75 Å². The zero-order chi connectivity index (χ0) is 12.1. The Morgan fingerprint density at radius 2 is 1.75 bits per heavy atom. The van der Waals surface area contributed by atoms with Crippen LogP contribution >= 0.6 is 0 Å². The molecule has 2 nitrogen and oxygen atoms in total. The SMILES string of the molecule is CC(O)CC(C)c1ccccc1OC(C)C. The van der Waals surface area contributed by atoms with E-state index in [0.717, 1.165) is 12.2 Å². The first-order valence-corrected chi connectivity index (χ1v) is 5.94. The fraction of sp³-hybridized carbons (Fsp3) is 0.571. The average Bonchev–Trinajstić information content (AvgIpc) is 2.16. The number of ether oxygens (including phenoxy) is 1. The van der Waals surface area contributed by atoms with Gasteiger partial charge in [-0.2, -0.15) is 0 Å². The van der Waals surface area contributed by atoms with Crippen LogP contribution in [0.1, 0.15) is 45.6 Å². The Bertz CT molecular complexity index is 318. The minimum Gasteiger partial charge on any atom is -0.491 e. The summed E-state index contributed by atoms with van der Waals surface area (Å²) in [6.45, 7) is 7.99. The van der Waals surface area contributed by atoms with E-state index in [2.05, 4.69) is 13.0 Å². The molecule has 1 N–H and O–H groups in total. The molecule has 2 heteroatoms. The lowest BCUT2D eigenvalue weighted by atomic mass is 9.94. The number of aliphatic hydroxyl groups is 1. The molecule has 0 fully saturated rings. The summed E-state index contributed by atoms with van der Waals surface area (Å²) >= 11 is 0. The maximum atomic E-state index is 9.42. The molecule has 0 saturated carbocycles. The van der Waals surface area contributed by atoms with Crippen molar-refractivity contribution in [1.29, 1.82) is 0 Å². The molecule has 0 heterocycles. The van der Waals surface area contributed by atoms with Crippen LogP contribution in [0.15, 0.2) is 24.3 Å². The van der Waals surface area contributed by atoms with Crippen LogP contribution in [-0.4, -0.2) is 17.3 Å². The molecular weight excluding hydrogens is 200 g/mol. The van der Waals surface area contributed by atoms with Gasteiger partial charge in [0.2, 0.25) is 0 Å². The maximum Gasteiger partial charge on any atom is 0.123 e. The number of hydrogen-bond donors (Lipinski definition) is 1. The van der Waals surface area contributed by atoms with E-state index in [1.54, 1.807) is 0 Å². The standard InChI is InChI=1S/C14H22O2/c1-10(2)16-14-8-6-5-7-13(14)11(3)9-12(4)15/h5-8,10-12,15H,9H2,1-4H3. The van der Waals surface area contributed by atoms with Crippen molar-refractivity contribution in [2.24, 2.45) is 0 Å². The minimum absolute atomic E-state index is 0.180. The third kappa shape index (κ3) is 3.86. The van der Waals surface area contributed by atoms with Crippen LogP contribution in [0.3, 0.4) is 0 Å². The van der Waals surface area contributed by atoms with E-state index in [-0.39, 0.29) is 12.2 Å². The van der Waals surface area contributed by atoms with E-state index in [1.807, 2.05) is 39.0 Å². The Morgan fingerprint density at radius 1 is 1.12 bits per heavy atom. The predicted molar refractivity (Wildman–Crippen MR) is 66.9 cm³/mol. The molecule has 0 spiro atoms. The molecule has 0 aliphatic carbocycles. The third-order valence-electron chi connectivity index (χ3n) is 2.51. The van der Waals surface area contributed by atoms with Gasteiger partial charge in [0, 0.05) is 0 Å². The fourth-order valence-electron chi connectivity index (χ4n) is 1.89. The number of benzene rings is 1. The molecule has 0 aliphatic heterocycles. The van der Waals surface area contributed by atoms with Crippen molar-refractivity contribution in [2.75, 3.05) is 0 Å². The van der Waals surface area contributed by atoms with E-state index in [4.69, 9.17) is 4.74 Å². The molecule has 1 aromatic rings. The molecule has 0 radical (unpaired) electrons. The highest BCUT2D eigenvalue weighted by atomic mass is 16.5. The Labute approximate surface area is 98.3 Å². The molecule has 2 unspecified atom stereocenters. The van der Waals surface area contributed by atoms with Crippen molar-refractivity contribution >= 4 is 0 Å². The lowest BCUT2D eigenvalue weighted by Crippen LogP contribution is -2.11. The second-order valence-electron chi connectivity index (χ2n) is 4.69. The van der Waals surface area contributed by atoms with Crippen LogP contribution in [0.4, 0.5) is 0 Å². The first-order chi connectivity index (χ1) is 7.50. The second kappa shape index (κ2) is 5.90. The largest absolute Gasteiger partial charge is 0.491 e. The molecule has 90 valence electrons. The summed E-state index contributed by atoms with van der Waals surface area (Å²) in [7, 11) is 0. The maximum absolute atomic E-state index is 9.42. The van der Waals surface area contributed by atoms with Gasteiger partial charge in [0.1, 0.15) is 5.75 Å². The molecule has 0 aromatic heterocycles. The van der Waals surface area contributed by atoms with Crippen molar-refractivity contribution in [3.8, 4) is 5.75 Å². The lowest BCUT2D eigenvalue weighted by Gasteiger charge is -2.19. The Hall–Kier alpha value is -1.02. The van der Waals surface area contributed by atoms with Crippen molar-refractivity contribution < 1.29 is 9.84 Å². The van der Waals surface area contributed by atoms with Crippen LogP contribution in [0, 0.1) is 0 Å². The van der Waals surface area contributed by atoms with Crippen LogP contribution < -0.4 is 4.74 Å². The molecule has 2 atom stereocenters. The molecule has 1 rings (SSSR count). The summed E-state index contributed by atoms with van der Waals surface area (Å²) in [5.74, 6) is 1.25. The molecule has 0 saturated heterocycles. The summed E-state index contributed by atoms with van der Waals surface area (Å²) in [6, 6.07) is 8.07. The number of para-hydroxylation sites is 1. The highest BCUT2D eigenvalue weighted by Crippen LogP contribution is 2.30. The topological polar surface area (TPSA) is 29.5 Å². The van der Waals surface area contributed by atoms with Gasteiger partial charge in [0.15, 0.2) is 0 Å². The fourth-order valence-corrected chi connectivity index (χ4v) is 1.89. The first kappa shape index (κ1) is 13.0. The molecular formula is C14H22O2. The van der Waals surface area contributed by atoms with Gasteiger partial charge in [-0.25, -0.2) is 0 Å². The van der Waals surface area contributed by atoms with E-state index < -0.39 is 0 Å². The highest BCUT2D eigenvalue weighted by molar-refractivity contribution is 5.36. The molecule has 0 aliphatic rings. The van der Waals surface area contributed by atoms with Gasteiger partial charge in [-0.15, -0.1) is 0 Å². The van der Waals surface area contributed by atoms with Crippen molar-refractivity contribution in [3.63, 3.8) is 0 Å². The Balaban J connectivity index is 2.85. The molecule has 16 heavy (non-hydrogen) atoms. The van der Waals surface area contributed by atoms with Gasteiger partial charge in [0.25, 0.3) is 0 Å². The average molecular weight is 222 g/mol. The first-order valence-electron chi connectivity index (χ1n) is 5.94. The van der Waals surface area contributed by atoms with E-state index >= 15 is 0 Å². The number of rotatable bonds is 5. The quantitative estimate of drug-likeness (QED) is 0.828. The minimum atomic E-state index is -0.276. The zero-order valence-corrected chi connectivity index (χ0v) is 10.6. The smallest absolute Gasteiger partial charge is 0.123 e. The Morgan fingerprint density at radius 3 is 2.31 bits per heavy atom. The monoisotopic (exact) mass is 222 g/mol. The summed E-state index contributed by atoms with van der Waals surface area (Å²) < 4.78 is 5.77. The van der Waals surface area contributed by atoms with Gasteiger partial charge in [-0.05, 0) is 44.7 Å². The zero-order valence-electron chi connectivity index (χ0n) is 10.6. The van der Waals surface area contributed by atoms with Crippen molar-refractivity contribution in [3.05, 3.63) is 29.8 Å². The second-order valence-corrected chi connectivity index (χ2v) is 4.69. The highest BCUT2D eigenvalue weighted by Gasteiger charge is 2.14. The van der Waals surface area contributed by atoms with Crippen LogP contribution in [0.2, 0.25) is 0 Å². The Kier molecular flexibility index (Phi) is 4.81. The summed E-state index contributed by atoms with van der Waals surface area (Å²) in [4.78, 5) is 0. The number of hydrogen-bond acceptors (Lipinski definition) is 2. The van der Waals surface area contributed by atoms with Gasteiger partial charge < -0.3 is 9.84 Å².